The van der Waals surface area contributed by atoms with E-state index < -0.39 is 0 Å². The van der Waals surface area contributed by atoms with Gasteiger partial charge >= 0.3 is 0 Å². The van der Waals surface area contributed by atoms with Crippen LogP contribution < -0.4 is 5.32 Å². The average molecular weight is 231 g/mol. The molecule has 0 unspecified atom stereocenters. The van der Waals surface area contributed by atoms with Gasteiger partial charge in [0.25, 0.3) is 0 Å². The van der Waals surface area contributed by atoms with Gasteiger partial charge in [-0.15, -0.1) is 0 Å². The monoisotopic (exact) mass is 231 g/mol. The van der Waals surface area contributed by atoms with Crippen molar-refractivity contribution >= 4 is 0 Å². The Morgan fingerprint density at radius 1 is 1.06 bits per heavy atom. The van der Waals surface area contributed by atoms with Crippen molar-refractivity contribution in [3.05, 3.63) is 35.4 Å². The number of hydrogen-bond donors (Lipinski definition) is 1. The third-order valence-electron chi connectivity index (χ3n) is 3.65. The first kappa shape index (κ1) is 12.6. The molecule has 1 heteroatoms. The van der Waals surface area contributed by atoms with Crippen molar-refractivity contribution in [2.24, 2.45) is 11.8 Å². The molecular weight excluding hydrogens is 206 g/mol. The van der Waals surface area contributed by atoms with Gasteiger partial charge in [0, 0.05) is 0 Å². The first-order valence-electron chi connectivity index (χ1n) is 7.02. The van der Waals surface area contributed by atoms with Gasteiger partial charge in [-0.25, -0.2) is 0 Å². The Labute approximate surface area is 106 Å². The molecule has 0 spiro atoms. The fourth-order valence-electron chi connectivity index (χ4n) is 2.70. The maximum Gasteiger partial charge on any atom is -0.00462 e. The molecule has 2 rings (SSSR count). The minimum absolute atomic E-state index is 0.755. The predicted molar refractivity (Wildman–Crippen MR) is 74.3 cm³/mol. The van der Waals surface area contributed by atoms with Gasteiger partial charge in [0.05, 0.1) is 0 Å². The topological polar surface area (TPSA) is 12.0 Å². The first-order valence-corrected chi connectivity index (χ1v) is 7.02. The van der Waals surface area contributed by atoms with Crippen molar-refractivity contribution in [1.82, 2.24) is 5.32 Å². The Kier molecular flexibility index (Phi) is 4.61. The molecule has 0 radical (unpaired) electrons. The normalized spacial score (nSPS) is 17.6. The zero-order chi connectivity index (χ0) is 12.1. The molecule has 0 saturated carbocycles. The molecule has 94 valence electrons. The first-order chi connectivity index (χ1) is 8.24. The zero-order valence-electron chi connectivity index (χ0n) is 11.2. The lowest BCUT2D eigenvalue weighted by Gasteiger charge is -2.22. The molecule has 1 aromatic rings. The summed E-state index contributed by atoms with van der Waals surface area (Å²) >= 11 is 0. The van der Waals surface area contributed by atoms with Gasteiger partial charge in [-0.2, -0.15) is 0 Å². The van der Waals surface area contributed by atoms with Crippen LogP contribution in [0.2, 0.25) is 0 Å². The fourth-order valence-corrected chi connectivity index (χ4v) is 2.70. The molecule has 0 bridgehead atoms. The Balaban J connectivity index is 1.88. The molecule has 0 atom stereocenters. The van der Waals surface area contributed by atoms with Crippen LogP contribution in [-0.4, -0.2) is 13.1 Å². The van der Waals surface area contributed by atoms with Gasteiger partial charge in [-0.05, 0) is 61.7 Å². The largest absolute Gasteiger partial charge is 0.317 e. The van der Waals surface area contributed by atoms with E-state index >= 15 is 0 Å². The van der Waals surface area contributed by atoms with Gasteiger partial charge < -0.3 is 5.32 Å². The molecule has 1 fully saturated rings. The molecule has 1 aromatic carbocycles. The van der Waals surface area contributed by atoms with Crippen molar-refractivity contribution in [2.75, 3.05) is 13.1 Å². The van der Waals surface area contributed by atoms with E-state index in [2.05, 4.69) is 43.4 Å². The number of piperidine rings is 1. The van der Waals surface area contributed by atoms with Gasteiger partial charge in [0.2, 0.25) is 0 Å². The standard InChI is InChI=1S/C16H25N/c1-13(2)11-14-3-5-15(6-4-14)12-16-7-9-17-10-8-16/h3-6,13,16-17H,7-12H2,1-2H3. The summed E-state index contributed by atoms with van der Waals surface area (Å²) in [6, 6.07) is 9.30. The fraction of sp³-hybridized carbons (Fsp3) is 0.625. The van der Waals surface area contributed by atoms with E-state index in [-0.39, 0.29) is 0 Å². The van der Waals surface area contributed by atoms with Crippen LogP contribution in [0.15, 0.2) is 24.3 Å². The van der Waals surface area contributed by atoms with Gasteiger partial charge in [-0.3, -0.25) is 0 Å². The molecule has 1 saturated heterocycles. The lowest BCUT2D eigenvalue weighted by Crippen LogP contribution is -2.28. The van der Waals surface area contributed by atoms with Crippen molar-refractivity contribution in [1.29, 1.82) is 0 Å². The van der Waals surface area contributed by atoms with E-state index in [0.29, 0.717) is 0 Å². The molecular formula is C16H25N. The smallest absolute Gasteiger partial charge is 0.00462 e. The van der Waals surface area contributed by atoms with Crippen molar-refractivity contribution in [3.8, 4) is 0 Å². The minimum Gasteiger partial charge on any atom is -0.317 e. The van der Waals surface area contributed by atoms with E-state index in [1.54, 1.807) is 0 Å². The van der Waals surface area contributed by atoms with Crippen LogP contribution >= 0.6 is 0 Å². The van der Waals surface area contributed by atoms with E-state index in [1.165, 1.54) is 49.9 Å². The van der Waals surface area contributed by atoms with Crippen molar-refractivity contribution in [2.45, 2.75) is 39.5 Å². The molecule has 0 amide bonds. The highest BCUT2D eigenvalue weighted by atomic mass is 14.9. The zero-order valence-corrected chi connectivity index (χ0v) is 11.2. The van der Waals surface area contributed by atoms with Gasteiger partial charge in [0.15, 0.2) is 0 Å². The van der Waals surface area contributed by atoms with E-state index in [4.69, 9.17) is 0 Å². The Morgan fingerprint density at radius 3 is 2.24 bits per heavy atom. The number of nitrogens with one attached hydrogen (secondary N) is 1. The van der Waals surface area contributed by atoms with Crippen LogP contribution in [-0.2, 0) is 12.8 Å². The summed E-state index contributed by atoms with van der Waals surface area (Å²) in [5, 5.41) is 3.43. The van der Waals surface area contributed by atoms with Gasteiger partial charge in [-0.1, -0.05) is 38.1 Å². The third-order valence-corrected chi connectivity index (χ3v) is 3.65. The maximum atomic E-state index is 3.43. The summed E-state index contributed by atoms with van der Waals surface area (Å²) in [6.45, 7) is 6.97. The molecule has 0 aliphatic carbocycles. The number of benzene rings is 1. The summed E-state index contributed by atoms with van der Waals surface area (Å²) in [5.74, 6) is 1.65. The van der Waals surface area contributed by atoms with Crippen LogP contribution in [0, 0.1) is 11.8 Å². The highest BCUT2D eigenvalue weighted by Crippen LogP contribution is 2.19. The number of hydrogen-bond acceptors (Lipinski definition) is 1. The predicted octanol–water partition coefficient (Wildman–Crippen LogP) is 3.43. The van der Waals surface area contributed by atoms with Crippen LogP contribution in [0.5, 0.6) is 0 Å². The quantitative estimate of drug-likeness (QED) is 0.837. The second-order valence-corrected chi connectivity index (χ2v) is 5.81. The van der Waals surface area contributed by atoms with Gasteiger partial charge in [0.1, 0.15) is 0 Å². The van der Waals surface area contributed by atoms with E-state index in [0.717, 1.165) is 11.8 Å². The molecule has 1 aliphatic rings. The van der Waals surface area contributed by atoms with Crippen LogP contribution in [0.1, 0.15) is 37.8 Å². The molecule has 1 nitrogen and oxygen atoms in total. The lowest BCUT2D eigenvalue weighted by atomic mass is 9.90. The highest BCUT2D eigenvalue weighted by molar-refractivity contribution is 5.23. The summed E-state index contributed by atoms with van der Waals surface area (Å²) in [6.07, 6.45) is 5.15. The minimum atomic E-state index is 0.755. The highest BCUT2D eigenvalue weighted by Gasteiger charge is 2.13. The van der Waals surface area contributed by atoms with Crippen LogP contribution in [0.4, 0.5) is 0 Å². The molecule has 1 aliphatic heterocycles. The summed E-state index contributed by atoms with van der Waals surface area (Å²) in [5.41, 5.74) is 3.00. The molecule has 0 aromatic heterocycles. The molecule has 1 heterocycles. The second-order valence-electron chi connectivity index (χ2n) is 5.81. The molecule has 17 heavy (non-hydrogen) atoms. The van der Waals surface area contributed by atoms with E-state index in [9.17, 15) is 0 Å². The summed E-state index contributed by atoms with van der Waals surface area (Å²) in [7, 11) is 0. The lowest BCUT2D eigenvalue weighted by molar-refractivity contribution is 0.372. The molecule has 1 N–H and O–H groups in total. The average Bonchev–Trinajstić information content (AvgIpc) is 2.32. The summed E-state index contributed by atoms with van der Waals surface area (Å²) in [4.78, 5) is 0. The Morgan fingerprint density at radius 2 is 1.65 bits per heavy atom. The van der Waals surface area contributed by atoms with Crippen LogP contribution in [0.3, 0.4) is 0 Å². The second kappa shape index (κ2) is 6.20. The SMILES string of the molecule is CC(C)Cc1ccc(CC2CCNCC2)cc1. The van der Waals surface area contributed by atoms with E-state index in [1.807, 2.05) is 0 Å². The van der Waals surface area contributed by atoms with Crippen molar-refractivity contribution < 1.29 is 0 Å². The third kappa shape index (κ3) is 4.16. The van der Waals surface area contributed by atoms with Crippen LogP contribution in [0.25, 0.3) is 0 Å². The maximum absolute atomic E-state index is 3.43. The number of rotatable bonds is 4. The Hall–Kier alpha value is -0.820. The Bertz CT molecular complexity index is 320. The summed E-state index contributed by atoms with van der Waals surface area (Å²) < 4.78 is 0. The van der Waals surface area contributed by atoms with Crippen molar-refractivity contribution in [3.63, 3.8) is 0 Å².